The molecule has 1 amide bonds. The van der Waals surface area contributed by atoms with Crippen molar-refractivity contribution in [3.63, 3.8) is 0 Å². The van der Waals surface area contributed by atoms with Gasteiger partial charge in [-0.05, 0) is 24.3 Å². The van der Waals surface area contributed by atoms with E-state index in [0.717, 1.165) is 0 Å². The molecule has 0 atom stereocenters. The minimum absolute atomic E-state index is 0.0885. The van der Waals surface area contributed by atoms with Gasteiger partial charge in [0.1, 0.15) is 11.6 Å². The standard InChI is InChI=1S/C12H11ClN4O2/c1-19-9-3-2-7(6-8(9)13)11(18)16-10-4-5-15-12(14)17-10/h2-6H,1H3,(H3,14,15,16,17,18). The smallest absolute Gasteiger partial charge is 0.256 e. The Morgan fingerprint density at radius 1 is 1.42 bits per heavy atom. The molecular weight excluding hydrogens is 268 g/mol. The van der Waals surface area contributed by atoms with Gasteiger partial charge in [-0.25, -0.2) is 4.98 Å². The van der Waals surface area contributed by atoms with Crippen molar-refractivity contribution in [1.82, 2.24) is 9.97 Å². The Hall–Kier alpha value is -2.34. The normalized spacial score (nSPS) is 10.0. The summed E-state index contributed by atoms with van der Waals surface area (Å²) in [5, 5.41) is 2.95. The second-order valence-electron chi connectivity index (χ2n) is 3.60. The molecule has 19 heavy (non-hydrogen) atoms. The average molecular weight is 279 g/mol. The Bertz CT molecular complexity index is 618. The summed E-state index contributed by atoms with van der Waals surface area (Å²) in [7, 11) is 1.50. The number of nitrogens with two attached hydrogens (primary N) is 1. The molecule has 0 aliphatic rings. The van der Waals surface area contributed by atoms with Gasteiger partial charge in [-0.2, -0.15) is 4.98 Å². The molecule has 7 heteroatoms. The maximum absolute atomic E-state index is 12.0. The number of nitrogen functional groups attached to an aromatic ring is 1. The lowest BCUT2D eigenvalue weighted by Gasteiger charge is -2.07. The maximum Gasteiger partial charge on any atom is 0.256 e. The molecule has 0 saturated heterocycles. The molecule has 0 unspecified atom stereocenters. The summed E-state index contributed by atoms with van der Waals surface area (Å²) in [5.41, 5.74) is 5.82. The number of hydrogen-bond donors (Lipinski definition) is 2. The minimum Gasteiger partial charge on any atom is -0.495 e. The van der Waals surface area contributed by atoms with E-state index in [4.69, 9.17) is 22.1 Å². The molecule has 1 aromatic heterocycles. The Morgan fingerprint density at radius 3 is 2.84 bits per heavy atom. The number of methoxy groups -OCH3 is 1. The van der Waals surface area contributed by atoms with Gasteiger partial charge < -0.3 is 15.8 Å². The second-order valence-corrected chi connectivity index (χ2v) is 4.01. The fraction of sp³-hybridized carbons (Fsp3) is 0.0833. The molecule has 2 rings (SSSR count). The zero-order chi connectivity index (χ0) is 13.8. The van der Waals surface area contributed by atoms with Crippen molar-refractivity contribution in [3.05, 3.63) is 41.0 Å². The first-order chi connectivity index (χ1) is 9.10. The number of ether oxygens (including phenoxy) is 1. The highest BCUT2D eigenvalue weighted by Crippen LogP contribution is 2.25. The van der Waals surface area contributed by atoms with Gasteiger partial charge in [-0.3, -0.25) is 4.79 Å². The third-order valence-corrected chi connectivity index (χ3v) is 2.63. The predicted octanol–water partition coefficient (Wildman–Crippen LogP) is 1.97. The van der Waals surface area contributed by atoms with E-state index in [1.54, 1.807) is 18.2 Å². The molecule has 2 aromatic rings. The predicted molar refractivity (Wildman–Crippen MR) is 72.4 cm³/mol. The molecule has 0 radical (unpaired) electrons. The fourth-order valence-electron chi connectivity index (χ4n) is 1.44. The topological polar surface area (TPSA) is 90.1 Å². The van der Waals surface area contributed by atoms with Crippen molar-refractivity contribution < 1.29 is 9.53 Å². The molecular formula is C12H11ClN4O2. The molecule has 3 N–H and O–H groups in total. The highest BCUT2D eigenvalue weighted by molar-refractivity contribution is 6.32. The zero-order valence-corrected chi connectivity index (χ0v) is 10.8. The van der Waals surface area contributed by atoms with Crippen LogP contribution in [0.1, 0.15) is 10.4 Å². The second kappa shape index (κ2) is 5.53. The van der Waals surface area contributed by atoms with Gasteiger partial charge in [0.05, 0.1) is 12.1 Å². The van der Waals surface area contributed by atoms with Crippen LogP contribution < -0.4 is 15.8 Å². The van der Waals surface area contributed by atoms with E-state index >= 15 is 0 Å². The quantitative estimate of drug-likeness (QED) is 0.896. The number of carbonyl (C=O) groups is 1. The van der Waals surface area contributed by atoms with Crippen LogP contribution in [-0.2, 0) is 0 Å². The highest BCUT2D eigenvalue weighted by atomic mass is 35.5. The maximum atomic E-state index is 12.0. The van der Waals surface area contributed by atoms with Gasteiger partial charge in [0, 0.05) is 11.8 Å². The number of nitrogens with zero attached hydrogens (tertiary/aromatic N) is 2. The first kappa shape index (κ1) is 13.1. The van der Waals surface area contributed by atoms with Crippen LogP contribution in [0.2, 0.25) is 5.02 Å². The van der Waals surface area contributed by atoms with Gasteiger partial charge >= 0.3 is 0 Å². The molecule has 0 fully saturated rings. The van der Waals surface area contributed by atoms with Gasteiger partial charge in [-0.15, -0.1) is 0 Å². The van der Waals surface area contributed by atoms with Crippen molar-refractivity contribution in [2.45, 2.75) is 0 Å². The van der Waals surface area contributed by atoms with Crippen LogP contribution in [-0.4, -0.2) is 23.0 Å². The van der Waals surface area contributed by atoms with E-state index in [1.807, 2.05) is 0 Å². The Morgan fingerprint density at radius 2 is 2.21 bits per heavy atom. The summed E-state index contributed by atoms with van der Waals surface area (Å²) in [5.74, 6) is 0.571. The molecule has 0 bridgehead atoms. The van der Waals surface area contributed by atoms with E-state index in [-0.39, 0.29) is 11.9 Å². The van der Waals surface area contributed by atoms with Gasteiger partial charge in [-0.1, -0.05) is 11.6 Å². The van der Waals surface area contributed by atoms with Crippen LogP contribution in [0, 0.1) is 0 Å². The number of aromatic nitrogens is 2. The molecule has 0 spiro atoms. The van der Waals surface area contributed by atoms with E-state index in [2.05, 4.69) is 15.3 Å². The third kappa shape index (κ3) is 3.11. The summed E-state index contributed by atoms with van der Waals surface area (Å²) < 4.78 is 5.01. The van der Waals surface area contributed by atoms with Crippen LogP contribution in [0.3, 0.4) is 0 Å². The summed E-state index contributed by atoms with van der Waals surface area (Å²) in [6.45, 7) is 0. The van der Waals surface area contributed by atoms with E-state index in [9.17, 15) is 4.79 Å². The lowest BCUT2D eigenvalue weighted by molar-refractivity contribution is 0.102. The number of halogens is 1. The Kier molecular flexibility index (Phi) is 3.82. The number of rotatable bonds is 3. The minimum atomic E-state index is -0.345. The van der Waals surface area contributed by atoms with Crippen molar-refractivity contribution in [1.29, 1.82) is 0 Å². The highest BCUT2D eigenvalue weighted by Gasteiger charge is 2.10. The van der Waals surface area contributed by atoms with Crippen LogP contribution in [0.5, 0.6) is 5.75 Å². The lowest BCUT2D eigenvalue weighted by atomic mass is 10.2. The van der Waals surface area contributed by atoms with E-state index in [1.165, 1.54) is 19.4 Å². The summed E-state index contributed by atoms with van der Waals surface area (Å²) >= 11 is 5.95. The fourth-order valence-corrected chi connectivity index (χ4v) is 1.70. The number of nitrogens with one attached hydrogen (secondary N) is 1. The van der Waals surface area contributed by atoms with Gasteiger partial charge in [0.2, 0.25) is 5.95 Å². The molecule has 0 saturated carbocycles. The lowest BCUT2D eigenvalue weighted by Crippen LogP contribution is -2.13. The number of anilines is 2. The summed E-state index contributed by atoms with van der Waals surface area (Å²) in [4.78, 5) is 19.6. The van der Waals surface area contributed by atoms with Crippen LogP contribution in [0.15, 0.2) is 30.5 Å². The Balaban J connectivity index is 2.18. The molecule has 1 aromatic carbocycles. The molecule has 0 aliphatic heterocycles. The number of benzene rings is 1. The monoisotopic (exact) mass is 278 g/mol. The van der Waals surface area contributed by atoms with Gasteiger partial charge in [0.25, 0.3) is 5.91 Å². The molecule has 1 heterocycles. The van der Waals surface area contributed by atoms with Crippen molar-refractivity contribution in [2.24, 2.45) is 0 Å². The zero-order valence-electron chi connectivity index (χ0n) is 10.1. The summed E-state index contributed by atoms with van der Waals surface area (Å²) in [6, 6.07) is 6.27. The van der Waals surface area contributed by atoms with Crippen molar-refractivity contribution in [2.75, 3.05) is 18.2 Å². The van der Waals surface area contributed by atoms with Crippen molar-refractivity contribution in [3.8, 4) is 5.75 Å². The number of hydrogen-bond acceptors (Lipinski definition) is 5. The molecule has 0 aliphatic carbocycles. The van der Waals surface area contributed by atoms with Crippen LogP contribution in [0.4, 0.5) is 11.8 Å². The van der Waals surface area contributed by atoms with Crippen molar-refractivity contribution >= 4 is 29.3 Å². The number of amides is 1. The first-order valence-electron chi connectivity index (χ1n) is 5.33. The van der Waals surface area contributed by atoms with E-state index < -0.39 is 0 Å². The Labute approximate surface area is 114 Å². The summed E-state index contributed by atoms with van der Waals surface area (Å²) in [6.07, 6.45) is 1.46. The molecule has 6 nitrogen and oxygen atoms in total. The van der Waals surface area contributed by atoms with Gasteiger partial charge in [0.15, 0.2) is 0 Å². The van der Waals surface area contributed by atoms with E-state index in [0.29, 0.717) is 22.2 Å². The number of carbonyl (C=O) groups excluding carboxylic acids is 1. The largest absolute Gasteiger partial charge is 0.495 e. The van der Waals surface area contributed by atoms with Crippen LogP contribution >= 0.6 is 11.6 Å². The first-order valence-corrected chi connectivity index (χ1v) is 5.71. The SMILES string of the molecule is COc1ccc(C(=O)Nc2ccnc(N)n2)cc1Cl. The van der Waals surface area contributed by atoms with Crippen LogP contribution in [0.25, 0.3) is 0 Å². The third-order valence-electron chi connectivity index (χ3n) is 2.33. The average Bonchev–Trinajstić information content (AvgIpc) is 2.38. The molecule has 98 valence electrons.